The predicted octanol–water partition coefficient (Wildman–Crippen LogP) is 3.59. The first kappa shape index (κ1) is 19.6. The Bertz CT molecular complexity index is 1050. The summed E-state index contributed by atoms with van der Waals surface area (Å²) in [6.07, 6.45) is 1.51. The highest BCUT2D eigenvalue weighted by Crippen LogP contribution is 2.28. The molecule has 2 heterocycles. The fourth-order valence-corrected chi connectivity index (χ4v) is 4.38. The van der Waals surface area contributed by atoms with Gasteiger partial charge in [-0.15, -0.1) is 12.4 Å². The Morgan fingerprint density at radius 1 is 1.07 bits per heavy atom. The van der Waals surface area contributed by atoms with Crippen molar-refractivity contribution in [2.24, 2.45) is 0 Å². The van der Waals surface area contributed by atoms with Crippen LogP contribution < -0.4 is 10.1 Å². The molecule has 1 aromatic heterocycles. The molecule has 1 aliphatic rings. The van der Waals surface area contributed by atoms with Crippen LogP contribution in [0, 0.1) is 0 Å². The lowest BCUT2D eigenvalue weighted by atomic mass is 9.93. The predicted molar refractivity (Wildman–Crippen MR) is 100 cm³/mol. The molecule has 9 heteroatoms. The number of fused-ring (bicyclic) bond motifs is 1. The number of hydrogen-bond donors (Lipinski definition) is 1. The number of benzene rings is 2. The second kappa shape index (κ2) is 7.46. The zero-order valence-electron chi connectivity index (χ0n) is 14.0. The molecule has 4 rings (SSSR count). The van der Waals surface area contributed by atoms with Crippen molar-refractivity contribution in [1.82, 2.24) is 9.29 Å². The summed E-state index contributed by atoms with van der Waals surface area (Å²) in [4.78, 5) is 0.00360. The van der Waals surface area contributed by atoms with E-state index in [4.69, 9.17) is 0 Å². The zero-order chi connectivity index (χ0) is 18.3. The molecule has 3 aromatic rings. The van der Waals surface area contributed by atoms with Gasteiger partial charge in [-0.3, -0.25) is 0 Å². The van der Waals surface area contributed by atoms with E-state index in [2.05, 4.69) is 10.1 Å². The van der Waals surface area contributed by atoms with Crippen molar-refractivity contribution in [2.45, 2.75) is 17.4 Å². The van der Waals surface area contributed by atoms with Gasteiger partial charge < -0.3 is 10.1 Å². The van der Waals surface area contributed by atoms with Crippen molar-refractivity contribution < 1.29 is 21.9 Å². The summed E-state index contributed by atoms with van der Waals surface area (Å²) in [5, 5.41) is 4.06. The monoisotopic (exact) mass is 414 g/mol. The van der Waals surface area contributed by atoms with Crippen LogP contribution in [0.2, 0.25) is 0 Å². The SMILES string of the molecule is Cl.O=S(=O)(c1ccc(OC(F)F)cc1)n1ccc2cc(C3CNC3)ccc21. The summed E-state index contributed by atoms with van der Waals surface area (Å²) in [5.74, 6) is 0.372. The number of nitrogens with one attached hydrogen (secondary N) is 1. The Balaban J connectivity index is 0.00000210. The number of nitrogens with zero attached hydrogens (tertiary/aromatic N) is 1. The molecule has 27 heavy (non-hydrogen) atoms. The molecule has 1 saturated heterocycles. The molecule has 0 atom stereocenters. The van der Waals surface area contributed by atoms with Gasteiger partial charge in [0.05, 0.1) is 10.4 Å². The highest BCUT2D eigenvalue weighted by atomic mass is 35.5. The fourth-order valence-electron chi connectivity index (χ4n) is 3.03. The topological polar surface area (TPSA) is 60.3 Å². The van der Waals surface area contributed by atoms with Crippen molar-refractivity contribution in [2.75, 3.05) is 13.1 Å². The van der Waals surface area contributed by atoms with Crippen molar-refractivity contribution in [3.63, 3.8) is 0 Å². The second-order valence-electron chi connectivity index (χ2n) is 6.14. The molecule has 2 aromatic carbocycles. The maximum atomic E-state index is 12.9. The van der Waals surface area contributed by atoms with Crippen LogP contribution in [0.3, 0.4) is 0 Å². The molecular weight excluding hydrogens is 398 g/mol. The van der Waals surface area contributed by atoms with E-state index < -0.39 is 16.6 Å². The van der Waals surface area contributed by atoms with Crippen molar-refractivity contribution in [3.05, 3.63) is 60.3 Å². The number of aromatic nitrogens is 1. The lowest BCUT2D eigenvalue weighted by Gasteiger charge is -2.27. The maximum absolute atomic E-state index is 12.9. The molecule has 0 amide bonds. The van der Waals surface area contributed by atoms with Gasteiger partial charge in [-0.2, -0.15) is 8.78 Å². The number of ether oxygens (including phenoxy) is 1. The molecule has 0 bridgehead atoms. The summed E-state index contributed by atoms with van der Waals surface area (Å²) in [5.41, 5.74) is 1.76. The molecule has 0 unspecified atom stereocenters. The summed E-state index contributed by atoms with van der Waals surface area (Å²) >= 11 is 0. The third-order valence-electron chi connectivity index (χ3n) is 4.54. The third-order valence-corrected chi connectivity index (χ3v) is 6.24. The van der Waals surface area contributed by atoms with Gasteiger partial charge in [0, 0.05) is 30.6 Å². The zero-order valence-corrected chi connectivity index (χ0v) is 15.6. The normalized spacial score (nSPS) is 14.8. The van der Waals surface area contributed by atoms with Gasteiger partial charge >= 0.3 is 6.61 Å². The molecule has 5 nitrogen and oxygen atoms in total. The van der Waals surface area contributed by atoms with Crippen LogP contribution in [0.4, 0.5) is 8.78 Å². The smallest absolute Gasteiger partial charge is 0.387 e. The molecule has 1 fully saturated rings. The van der Waals surface area contributed by atoms with Gasteiger partial charge in [0.2, 0.25) is 0 Å². The average molecular weight is 415 g/mol. The lowest BCUT2D eigenvalue weighted by Crippen LogP contribution is -2.39. The molecule has 0 spiro atoms. The Hall–Kier alpha value is -2.16. The first-order valence-corrected chi connectivity index (χ1v) is 9.51. The second-order valence-corrected chi connectivity index (χ2v) is 7.95. The van der Waals surface area contributed by atoms with Crippen LogP contribution in [0.25, 0.3) is 10.9 Å². The van der Waals surface area contributed by atoms with Gasteiger partial charge in [-0.05, 0) is 48.0 Å². The largest absolute Gasteiger partial charge is 0.435 e. The van der Waals surface area contributed by atoms with Crippen molar-refractivity contribution >= 4 is 33.3 Å². The highest BCUT2D eigenvalue weighted by Gasteiger charge is 2.22. The molecule has 0 saturated carbocycles. The Morgan fingerprint density at radius 2 is 1.78 bits per heavy atom. The Morgan fingerprint density at radius 3 is 2.37 bits per heavy atom. The summed E-state index contributed by atoms with van der Waals surface area (Å²) < 4.78 is 55.7. The van der Waals surface area contributed by atoms with Crippen LogP contribution >= 0.6 is 12.4 Å². The van der Waals surface area contributed by atoms with Gasteiger partial charge in [-0.25, -0.2) is 12.4 Å². The molecule has 144 valence electrons. The van der Waals surface area contributed by atoms with E-state index in [9.17, 15) is 17.2 Å². The average Bonchev–Trinajstić information content (AvgIpc) is 2.97. The number of hydrogen-bond acceptors (Lipinski definition) is 4. The van der Waals surface area contributed by atoms with Crippen LogP contribution in [0.1, 0.15) is 11.5 Å². The standard InChI is InChI=1S/C18H16F2N2O3S.ClH/c19-18(20)25-15-2-4-16(5-3-15)26(23,24)22-8-7-13-9-12(1-6-17(13)22)14-10-21-11-14;/h1-9,14,18,21H,10-11H2;1H. The number of rotatable bonds is 5. The first-order chi connectivity index (χ1) is 12.4. The van der Waals surface area contributed by atoms with Crippen LogP contribution in [0.15, 0.2) is 59.6 Å². The summed E-state index contributed by atoms with van der Waals surface area (Å²) in [6.45, 7) is -1.10. The van der Waals surface area contributed by atoms with E-state index in [-0.39, 0.29) is 23.1 Å². The molecule has 1 N–H and O–H groups in total. The van der Waals surface area contributed by atoms with Gasteiger partial charge in [0.1, 0.15) is 5.75 Å². The maximum Gasteiger partial charge on any atom is 0.387 e. The van der Waals surface area contributed by atoms with E-state index in [1.807, 2.05) is 12.1 Å². The van der Waals surface area contributed by atoms with E-state index in [0.29, 0.717) is 11.4 Å². The van der Waals surface area contributed by atoms with Gasteiger partial charge in [0.15, 0.2) is 0 Å². The minimum absolute atomic E-state index is 0. The van der Waals surface area contributed by atoms with Gasteiger partial charge in [0.25, 0.3) is 10.0 Å². The highest BCUT2D eigenvalue weighted by molar-refractivity contribution is 7.90. The van der Waals surface area contributed by atoms with E-state index in [1.165, 1.54) is 40.0 Å². The number of halogens is 3. The summed E-state index contributed by atoms with van der Waals surface area (Å²) in [6, 6.07) is 12.5. The fraction of sp³-hybridized carbons (Fsp3) is 0.222. The van der Waals surface area contributed by atoms with Crippen LogP contribution in [0.5, 0.6) is 5.75 Å². The summed E-state index contributed by atoms with van der Waals surface area (Å²) in [7, 11) is -3.83. The quantitative estimate of drug-likeness (QED) is 0.693. The van der Waals surface area contributed by atoms with Crippen molar-refractivity contribution in [3.8, 4) is 5.75 Å². The molecule has 0 radical (unpaired) electrons. The Kier molecular flexibility index (Phi) is 5.41. The van der Waals surface area contributed by atoms with E-state index in [1.54, 1.807) is 12.1 Å². The molecular formula is C18H17ClF2N2O3S. The minimum atomic E-state index is -3.83. The Labute approximate surface area is 161 Å². The van der Waals surface area contributed by atoms with E-state index in [0.717, 1.165) is 18.5 Å². The molecule has 0 aliphatic carbocycles. The third kappa shape index (κ3) is 3.65. The van der Waals surface area contributed by atoms with Crippen LogP contribution in [-0.2, 0) is 10.0 Å². The first-order valence-electron chi connectivity index (χ1n) is 8.07. The van der Waals surface area contributed by atoms with Gasteiger partial charge in [-0.1, -0.05) is 6.07 Å². The minimum Gasteiger partial charge on any atom is -0.435 e. The van der Waals surface area contributed by atoms with Crippen LogP contribution in [-0.4, -0.2) is 32.1 Å². The van der Waals surface area contributed by atoms with E-state index >= 15 is 0 Å². The van der Waals surface area contributed by atoms with Crippen molar-refractivity contribution in [1.29, 1.82) is 0 Å². The number of alkyl halides is 2. The lowest BCUT2D eigenvalue weighted by molar-refractivity contribution is -0.0498. The molecule has 1 aliphatic heterocycles.